The first-order chi connectivity index (χ1) is 7.68. The van der Waals surface area contributed by atoms with Crippen LogP contribution in [0.2, 0.25) is 0 Å². The molecule has 2 saturated heterocycles. The van der Waals surface area contributed by atoms with Crippen LogP contribution in [0.1, 0.15) is 12.8 Å². The number of nitrogens with zero attached hydrogens (tertiary/aromatic N) is 1. The number of ketones is 1. The van der Waals surface area contributed by atoms with Gasteiger partial charge in [0.05, 0.1) is 25.0 Å². The number of rotatable bonds is 3. The Morgan fingerprint density at radius 3 is 2.56 bits per heavy atom. The molecule has 0 spiro atoms. The van der Waals surface area contributed by atoms with E-state index in [0.717, 1.165) is 4.90 Å². The Morgan fingerprint density at radius 2 is 2.00 bits per heavy atom. The summed E-state index contributed by atoms with van der Waals surface area (Å²) in [6.45, 7) is 0.990. The lowest BCUT2D eigenvalue weighted by Crippen LogP contribution is -2.39. The number of imide groups is 1. The van der Waals surface area contributed by atoms with Crippen LogP contribution >= 0.6 is 0 Å². The number of ether oxygens (including phenoxy) is 1. The summed E-state index contributed by atoms with van der Waals surface area (Å²) < 4.78 is 5.12. The predicted octanol–water partition coefficient (Wildman–Crippen LogP) is -0.403. The lowest BCUT2D eigenvalue weighted by Gasteiger charge is -2.17. The predicted molar refractivity (Wildman–Crippen MR) is 52.3 cm³/mol. The normalized spacial score (nSPS) is 36.8. The third kappa shape index (κ3) is 1.38. The summed E-state index contributed by atoms with van der Waals surface area (Å²) >= 11 is 0. The van der Waals surface area contributed by atoms with Gasteiger partial charge in [0.1, 0.15) is 0 Å². The van der Waals surface area contributed by atoms with Gasteiger partial charge >= 0.3 is 0 Å². The van der Waals surface area contributed by atoms with Gasteiger partial charge in [-0.15, -0.1) is 0 Å². The minimum atomic E-state index is -0.151. The van der Waals surface area contributed by atoms with Gasteiger partial charge in [0.25, 0.3) is 0 Å². The largest absolute Gasteiger partial charge is 0.381 e. The van der Waals surface area contributed by atoms with Crippen molar-refractivity contribution in [2.75, 3.05) is 19.8 Å². The molecule has 2 aliphatic heterocycles. The fourth-order valence-corrected chi connectivity index (χ4v) is 2.48. The van der Waals surface area contributed by atoms with Crippen molar-refractivity contribution in [3.05, 3.63) is 0 Å². The Labute approximate surface area is 92.7 Å². The molecular formula is C11H13NO4. The van der Waals surface area contributed by atoms with Crippen LogP contribution in [-0.4, -0.2) is 42.3 Å². The highest BCUT2D eigenvalue weighted by atomic mass is 16.5. The van der Waals surface area contributed by atoms with Crippen LogP contribution in [0.5, 0.6) is 0 Å². The van der Waals surface area contributed by atoms with Crippen LogP contribution in [0.25, 0.3) is 0 Å². The number of hydrogen-bond acceptors (Lipinski definition) is 4. The zero-order chi connectivity index (χ0) is 11.3. The Hall–Kier alpha value is -1.23. The molecule has 0 N–H and O–H groups in total. The van der Waals surface area contributed by atoms with Gasteiger partial charge in [-0.25, -0.2) is 0 Å². The molecule has 0 aromatic rings. The van der Waals surface area contributed by atoms with Gasteiger partial charge in [0.15, 0.2) is 5.78 Å². The van der Waals surface area contributed by atoms with Gasteiger partial charge in [0, 0.05) is 12.5 Å². The molecule has 0 bridgehead atoms. The Balaban J connectivity index is 1.64. The highest BCUT2D eigenvalue weighted by molar-refractivity contribution is 6.10. The molecule has 5 heteroatoms. The first-order valence-electron chi connectivity index (χ1n) is 5.64. The van der Waals surface area contributed by atoms with Gasteiger partial charge in [-0.1, -0.05) is 0 Å². The van der Waals surface area contributed by atoms with Crippen molar-refractivity contribution in [3.8, 4) is 0 Å². The molecule has 3 fully saturated rings. The summed E-state index contributed by atoms with van der Waals surface area (Å²) in [5.74, 6) is -0.692. The molecular weight excluding hydrogens is 210 g/mol. The maximum atomic E-state index is 11.8. The van der Waals surface area contributed by atoms with E-state index in [2.05, 4.69) is 0 Å². The molecule has 0 aromatic carbocycles. The van der Waals surface area contributed by atoms with E-state index in [1.165, 1.54) is 0 Å². The maximum Gasteiger partial charge on any atom is 0.233 e. The van der Waals surface area contributed by atoms with Crippen molar-refractivity contribution in [1.29, 1.82) is 0 Å². The zero-order valence-electron chi connectivity index (χ0n) is 8.85. The number of carbonyl (C=O) groups is 3. The zero-order valence-corrected chi connectivity index (χ0v) is 8.85. The highest BCUT2D eigenvalue weighted by Gasteiger charge is 2.59. The van der Waals surface area contributed by atoms with E-state index in [1.54, 1.807) is 0 Å². The average molecular weight is 223 g/mol. The Kier molecular flexibility index (Phi) is 2.10. The van der Waals surface area contributed by atoms with E-state index < -0.39 is 0 Å². The van der Waals surface area contributed by atoms with Crippen LogP contribution < -0.4 is 0 Å². The van der Waals surface area contributed by atoms with Crippen molar-refractivity contribution in [1.82, 2.24) is 4.90 Å². The average Bonchev–Trinajstić information content (AvgIpc) is 2.81. The van der Waals surface area contributed by atoms with Crippen LogP contribution in [0.15, 0.2) is 0 Å². The molecule has 0 radical (unpaired) electrons. The molecule has 3 aliphatic rings. The minimum absolute atomic E-state index is 0.0412. The summed E-state index contributed by atoms with van der Waals surface area (Å²) in [6.07, 6.45) is 1.40. The quantitative estimate of drug-likeness (QED) is 0.610. The number of amides is 2. The summed E-state index contributed by atoms with van der Waals surface area (Å²) in [7, 11) is 0. The number of fused-ring (bicyclic) bond motifs is 1. The fourth-order valence-electron chi connectivity index (χ4n) is 2.48. The lowest BCUT2D eigenvalue weighted by molar-refractivity contribution is -0.145. The number of piperidine rings is 1. The van der Waals surface area contributed by atoms with Gasteiger partial charge in [0.2, 0.25) is 11.8 Å². The molecule has 5 nitrogen and oxygen atoms in total. The topological polar surface area (TPSA) is 63.7 Å². The summed E-state index contributed by atoms with van der Waals surface area (Å²) in [5.41, 5.74) is 0. The van der Waals surface area contributed by atoms with Crippen molar-refractivity contribution >= 4 is 17.6 Å². The molecule has 3 atom stereocenters. The molecule has 1 aliphatic carbocycles. The van der Waals surface area contributed by atoms with Crippen LogP contribution in [0.3, 0.4) is 0 Å². The SMILES string of the molecule is O=C(CN1C(=O)C2CC2C1=O)C1CCOC1. The van der Waals surface area contributed by atoms with E-state index >= 15 is 0 Å². The standard InChI is InChI=1S/C11H13NO4/c13-9(6-1-2-16-5-6)4-12-10(14)7-3-8(7)11(12)15/h6-8H,1-5H2. The minimum Gasteiger partial charge on any atom is -0.381 e. The van der Waals surface area contributed by atoms with Crippen LogP contribution in [-0.2, 0) is 19.1 Å². The third-order valence-corrected chi connectivity index (χ3v) is 3.66. The van der Waals surface area contributed by atoms with E-state index in [4.69, 9.17) is 4.74 Å². The number of likely N-dealkylation sites (tertiary alicyclic amines) is 1. The molecule has 2 amide bonds. The van der Waals surface area contributed by atoms with Crippen molar-refractivity contribution in [3.63, 3.8) is 0 Å². The first kappa shape index (κ1) is 9.96. The van der Waals surface area contributed by atoms with E-state index in [-0.39, 0.29) is 41.9 Å². The molecule has 3 rings (SSSR count). The van der Waals surface area contributed by atoms with Gasteiger partial charge in [-0.05, 0) is 12.8 Å². The molecule has 2 heterocycles. The number of hydrogen-bond donors (Lipinski definition) is 0. The van der Waals surface area contributed by atoms with Gasteiger partial charge in [-0.3, -0.25) is 19.3 Å². The molecule has 16 heavy (non-hydrogen) atoms. The second-order valence-corrected chi connectivity index (χ2v) is 4.74. The van der Waals surface area contributed by atoms with E-state index in [1.807, 2.05) is 0 Å². The Bertz CT molecular complexity index is 352. The number of carbonyl (C=O) groups excluding carboxylic acids is 3. The molecule has 1 saturated carbocycles. The smallest absolute Gasteiger partial charge is 0.233 e. The van der Waals surface area contributed by atoms with E-state index in [9.17, 15) is 14.4 Å². The first-order valence-corrected chi connectivity index (χ1v) is 5.64. The fraction of sp³-hybridized carbons (Fsp3) is 0.727. The molecule has 3 unspecified atom stereocenters. The van der Waals surface area contributed by atoms with Crippen molar-refractivity contribution < 1.29 is 19.1 Å². The third-order valence-electron chi connectivity index (χ3n) is 3.66. The number of Topliss-reactive ketones (excluding diaryl/α,β-unsaturated/α-hetero) is 1. The summed E-state index contributed by atoms with van der Waals surface area (Å²) in [6, 6.07) is 0. The lowest BCUT2D eigenvalue weighted by atomic mass is 10.0. The van der Waals surface area contributed by atoms with Crippen molar-refractivity contribution in [2.45, 2.75) is 12.8 Å². The van der Waals surface area contributed by atoms with Crippen molar-refractivity contribution in [2.24, 2.45) is 17.8 Å². The molecule has 0 aromatic heterocycles. The summed E-state index contributed by atoms with van der Waals surface area (Å²) in [4.78, 5) is 36.2. The molecule has 86 valence electrons. The highest BCUT2D eigenvalue weighted by Crippen LogP contribution is 2.46. The maximum absolute atomic E-state index is 11.8. The van der Waals surface area contributed by atoms with E-state index in [0.29, 0.717) is 26.1 Å². The second-order valence-electron chi connectivity index (χ2n) is 4.74. The summed E-state index contributed by atoms with van der Waals surface area (Å²) in [5, 5.41) is 0. The second kappa shape index (κ2) is 3.38. The van der Waals surface area contributed by atoms with Crippen LogP contribution in [0, 0.1) is 17.8 Å². The van der Waals surface area contributed by atoms with Gasteiger partial charge < -0.3 is 4.74 Å². The van der Waals surface area contributed by atoms with Gasteiger partial charge in [-0.2, -0.15) is 0 Å². The Morgan fingerprint density at radius 1 is 1.31 bits per heavy atom. The van der Waals surface area contributed by atoms with Crippen LogP contribution in [0.4, 0.5) is 0 Å². The monoisotopic (exact) mass is 223 g/mol.